The number of nitrogens with one attached hydrogen (secondary N) is 2. The number of rotatable bonds is 8. The van der Waals surface area contributed by atoms with Crippen molar-refractivity contribution in [1.82, 2.24) is 25.6 Å². The van der Waals surface area contributed by atoms with Crippen LogP contribution in [0.25, 0.3) is 17.3 Å². The quantitative estimate of drug-likeness (QED) is 0.370. The fraction of sp³-hybridized carbons (Fsp3) is 0.296. The molecule has 208 valence electrons. The van der Waals surface area contributed by atoms with Crippen LogP contribution in [0.2, 0.25) is 0 Å². The van der Waals surface area contributed by atoms with Crippen LogP contribution >= 0.6 is 11.8 Å². The highest BCUT2D eigenvalue weighted by molar-refractivity contribution is 8.18. The highest BCUT2D eigenvalue weighted by atomic mass is 32.2. The molecule has 4 heterocycles. The van der Waals surface area contributed by atoms with Gasteiger partial charge in [-0.15, -0.1) is 13.2 Å². The summed E-state index contributed by atoms with van der Waals surface area (Å²) in [6.07, 6.45) is 1.76. The topological polar surface area (TPSA) is 109 Å². The van der Waals surface area contributed by atoms with Gasteiger partial charge in [-0.05, 0) is 73.0 Å². The minimum atomic E-state index is -4.80. The maximum Gasteiger partial charge on any atom is 0.573 e. The Kier molecular flexibility index (Phi) is 8.31. The predicted octanol–water partition coefficient (Wildman–Crippen LogP) is 4.77. The Labute approximate surface area is 232 Å². The van der Waals surface area contributed by atoms with Crippen LogP contribution in [0.4, 0.5) is 23.9 Å². The monoisotopic (exact) mass is 570 g/mol. The van der Waals surface area contributed by atoms with Gasteiger partial charge in [0, 0.05) is 37.6 Å². The molecule has 2 N–H and O–H groups in total. The summed E-state index contributed by atoms with van der Waals surface area (Å²) in [6.45, 7) is 2.68. The summed E-state index contributed by atoms with van der Waals surface area (Å²) >= 11 is 0.844. The number of hydrogen-bond acceptors (Lipinski definition) is 9. The van der Waals surface area contributed by atoms with E-state index in [4.69, 9.17) is 0 Å². The lowest BCUT2D eigenvalue weighted by Gasteiger charge is -2.32. The number of ether oxygens (including phenoxy) is 1. The van der Waals surface area contributed by atoms with E-state index in [2.05, 4.69) is 35.2 Å². The van der Waals surface area contributed by atoms with Crippen LogP contribution in [0.5, 0.6) is 5.75 Å². The van der Waals surface area contributed by atoms with Crippen molar-refractivity contribution in [2.75, 3.05) is 24.5 Å². The number of imide groups is 1. The van der Waals surface area contributed by atoms with Gasteiger partial charge < -0.3 is 15.0 Å². The number of anilines is 1. The molecule has 0 atom stereocenters. The number of hydrogen-bond donors (Lipinski definition) is 2. The first-order valence-corrected chi connectivity index (χ1v) is 13.4. The van der Waals surface area contributed by atoms with Gasteiger partial charge in [0.1, 0.15) is 5.75 Å². The number of piperidine rings is 1. The first-order chi connectivity index (χ1) is 19.2. The van der Waals surface area contributed by atoms with E-state index in [0.717, 1.165) is 49.8 Å². The zero-order valence-corrected chi connectivity index (χ0v) is 22.0. The highest BCUT2D eigenvalue weighted by Gasteiger charge is 2.32. The molecule has 0 saturated carbocycles. The Hall–Kier alpha value is -3.97. The predicted molar refractivity (Wildman–Crippen MR) is 144 cm³/mol. The Bertz CT molecular complexity index is 1430. The van der Waals surface area contributed by atoms with Crippen LogP contribution in [0.15, 0.2) is 59.8 Å². The normalized spacial score (nSPS) is 17.4. The summed E-state index contributed by atoms with van der Waals surface area (Å²) in [5.74, 6) is 0.242. The molecule has 2 aliphatic heterocycles. The molecule has 3 aromatic rings. The number of para-hydroxylation sites is 1. The SMILES string of the molecule is O=C1NC(=O)/C(=C/c2ccnc(N3CCC(CNCc4cccnc4-c4ccccc4OC(F)(F)F)CC3)n2)S1. The third kappa shape index (κ3) is 6.96. The number of aromatic nitrogens is 3. The molecule has 0 aliphatic carbocycles. The lowest BCUT2D eigenvalue weighted by atomic mass is 9.96. The lowest BCUT2D eigenvalue weighted by molar-refractivity contribution is -0.274. The molecule has 9 nitrogen and oxygen atoms in total. The summed E-state index contributed by atoms with van der Waals surface area (Å²) < 4.78 is 43.0. The van der Waals surface area contributed by atoms with Crippen molar-refractivity contribution >= 4 is 34.9 Å². The molecule has 0 radical (unpaired) electrons. The Morgan fingerprint density at radius 2 is 1.88 bits per heavy atom. The number of benzene rings is 1. The van der Waals surface area contributed by atoms with Crippen molar-refractivity contribution in [3.05, 3.63) is 71.0 Å². The van der Waals surface area contributed by atoms with E-state index in [1.165, 1.54) is 12.1 Å². The van der Waals surface area contributed by atoms with Gasteiger partial charge >= 0.3 is 6.36 Å². The average molecular weight is 571 g/mol. The van der Waals surface area contributed by atoms with E-state index in [0.29, 0.717) is 34.7 Å². The summed E-state index contributed by atoms with van der Waals surface area (Å²) in [4.78, 5) is 38.9. The average Bonchev–Trinajstić information content (AvgIpc) is 3.25. The molecule has 1 aromatic carbocycles. The molecular formula is C27H25F3N6O3S. The third-order valence-corrected chi connectivity index (χ3v) is 7.30. The van der Waals surface area contributed by atoms with Gasteiger partial charge in [0.2, 0.25) is 5.95 Å². The van der Waals surface area contributed by atoms with Crippen molar-refractivity contribution in [2.24, 2.45) is 5.92 Å². The molecule has 40 heavy (non-hydrogen) atoms. The number of pyridine rings is 1. The van der Waals surface area contributed by atoms with Gasteiger partial charge in [0.05, 0.1) is 16.3 Å². The molecule has 0 unspecified atom stereocenters. The van der Waals surface area contributed by atoms with Crippen molar-refractivity contribution in [1.29, 1.82) is 0 Å². The van der Waals surface area contributed by atoms with Gasteiger partial charge in [-0.3, -0.25) is 19.9 Å². The van der Waals surface area contributed by atoms with E-state index in [-0.39, 0.29) is 11.3 Å². The zero-order chi connectivity index (χ0) is 28.1. The van der Waals surface area contributed by atoms with E-state index >= 15 is 0 Å². The first-order valence-electron chi connectivity index (χ1n) is 12.6. The van der Waals surface area contributed by atoms with E-state index < -0.39 is 17.5 Å². The summed E-state index contributed by atoms with van der Waals surface area (Å²) in [5, 5.41) is 5.26. The second kappa shape index (κ2) is 12.0. The molecule has 0 bridgehead atoms. The van der Waals surface area contributed by atoms with Crippen LogP contribution in [0.1, 0.15) is 24.1 Å². The second-order valence-corrected chi connectivity index (χ2v) is 10.3. The van der Waals surface area contributed by atoms with Crippen molar-refractivity contribution in [2.45, 2.75) is 25.7 Å². The maximum absolute atomic E-state index is 12.9. The van der Waals surface area contributed by atoms with E-state index in [1.54, 1.807) is 42.7 Å². The molecule has 2 fully saturated rings. The van der Waals surface area contributed by atoms with Crippen molar-refractivity contribution in [3.8, 4) is 17.0 Å². The smallest absolute Gasteiger partial charge is 0.405 e. The number of carbonyl (C=O) groups is 2. The summed E-state index contributed by atoms with van der Waals surface area (Å²) in [6, 6.07) is 11.3. The maximum atomic E-state index is 12.9. The minimum absolute atomic E-state index is 0.280. The Morgan fingerprint density at radius 3 is 2.62 bits per heavy atom. The Morgan fingerprint density at radius 1 is 1.07 bits per heavy atom. The third-order valence-electron chi connectivity index (χ3n) is 6.49. The van der Waals surface area contributed by atoms with Crippen molar-refractivity contribution < 1.29 is 27.5 Å². The molecule has 2 amide bonds. The highest BCUT2D eigenvalue weighted by Crippen LogP contribution is 2.34. The first kappa shape index (κ1) is 27.6. The number of carbonyl (C=O) groups excluding carboxylic acids is 2. The van der Waals surface area contributed by atoms with Crippen LogP contribution in [-0.2, 0) is 11.3 Å². The van der Waals surface area contributed by atoms with Crippen LogP contribution in [-0.4, -0.2) is 52.1 Å². The van der Waals surface area contributed by atoms with Gasteiger partial charge in [-0.2, -0.15) is 0 Å². The molecule has 13 heteroatoms. The van der Waals surface area contributed by atoms with Crippen LogP contribution in [0, 0.1) is 5.92 Å². The minimum Gasteiger partial charge on any atom is -0.405 e. The summed E-state index contributed by atoms with van der Waals surface area (Å²) in [5.41, 5.74) is 2.04. The second-order valence-electron chi connectivity index (χ2n) is 9.25. The zero-order valence-electron chi connectivity index (χ0n) is 21.1. The molecule has 0 spiro atoms. The van der Waals surface area contributed by atoms with Gasteiger partial charge in [-0.25, -0.2) is 9.97 Å². The number of thioether (sulfide) groups is 1. The number of alkyl halides is 3. The fourth-order valence-electron chi connectivity index (χ4n) is 4.60. The summed E-state index contributed by atoms with van der Waals surface area (Å²) in [7, 11) is 0. The van der Waals surface area contributed by atoms with Crippen LogP contribution in [0.3, 0.4) is 0 Å². The molecule has 5 rings (SSSR count). The van der Waals surface area contributed by atoms with Crippen LogP contribution < -0.4 is 20.3 Å². The largest absolute Gasteiger partial charge is 0.573 e. The molecule has 2 aromatic heterocycles. The van der Waals surface area contributed by atoms with E-state index in [9.17, 15) is 22.8 Å². The number of amides is 2. The fourth-order valence-corrected chi connectivity index (χ4v) is 5.26. The Balaban J connectivity index is 1.16. The van der Waals surface area contributed by atoms with Gasteiger partial charge in [0.25, 0.3) is 11.1 Å². The molecular weight excluding hydrogens is 545 g/mol. The van der Waals surface area contributed by atoms with Crippen molar-refractivity contribution in [3.63, 3.8) is 0 Å². The van der Waals surface area contributed by atoms with Gasteiger partial charge in [0.15, 0.2) is 0 Å². The number of halogens is 3. The molecule has 2 aliphatic rings. The molecule has 2 saturated heterocycles. The van der Waals surface area contributed by atoms with E-state index in [1.807, 2.05) is 6.07 Å². The van der Waals surface area contributed by atoms with Gasteiger partial charge in [-0.1, -0.05) is 18.2 Å². The standard InChI is InChI=1S/C27H25F3N6O3S/c28-27(29,30)39-21-6-2-1-5-20(21)23-18(4-3-10-32-23)16-31-15-17-8-12-36(13-9-17)25-33-11-7-19(34-25)14-22-24(37)35-26(38)40-22/h1-7,10-11,14,17,31H,8-9,12-13,15-16H2,(H,35,37,38)/b22-14-. The lowest BCUT2D eigenvalue weighted by Crippen LogP contribution is -2.38. The number of nitrogens with zero attached hydrogens (tertiary/aromatic N) is 4.